The quantitative estimate of drug-likeness (QED) is 0.0938. The molecule has 0 amide bonds. The van der Waals surface area contributed by atoms with Gasteiger partial charge in [-0.15, -0.1) is 0 Å². The van der Waals surface area contributed by atoms with Crippen LogP contribution in [0, 0.1) is 5.92 Å². The van der Waals surface area contributed by atoms with E-state index in [1.807, 2.05) is 0 Å². The van der Waals surface area contributed by atoms with E-state index in [1.54, 1.807) is 6.92 Å². The van der Waals surface area contributed by atoms with Crippen LogP contribution in [0.3, 0.4) is 0 Å². The molecule has 0 radical (unpaired) electrons. The van der Waals surface area contributed by atoms with Crippen LogP contribution in [-0.2, 0) is 0 Å². The fourth-order valence-corrected chi connectivity index (χ4v) is 3.53. The van der Waals surface area contributed by atoms with Crippen LogP contribution in [0.4, 0.5) is 92.2 Å². The van der Waals surface area contributed by atoms with E-state index in [0.717, 1.165) is 22.6 Å². The van der Waals surface area contributed by atoms with Crippen molar-refractivity contribution in [3.63, 3.8) is 0 Å². The molecule has 0 nitrogen and oxygen atoms in total. The number of hydrogen-bond donors (Lipinski definition) is 0. The smallest absolute Gasteiger partial charge is 0.199 e. The molecule has 41 heavy (non-hydrogen) atoms. The van der Waals surface area contributed by atoms with Crippen LogP contribution >= 0.6 is 22.6 Å². The van der Waals surface area contributed by atoms with Gasteiger partial charge in [-0.1, -0.05) is 32.8 Å². The standard InChI is InChI=1S/C19H16F21I/c1-3-4-5-6-7-9(41)8(2)10(20,21)11(22,23)12(24,25)13(26,27)14(28,29)15(30,31)16(32,33)17(34,35)18(36,37)19(38,39)40/h7-8H,3-6H2,1-2H3/b9-7+. The Morgan fingerprint density at radius 1 is 0.512 bits per heavy atom. The topological polar surface area (TPSA) is 0 Å². The number of unbranched alkanes of at least 4 members (excludes halogenated alkanes) is 3. The maximum atomic E-state index is 14.3. The largest absolute Gasteiger partial charge is 0.460 e. The molecule has 0 aromatic carbocycles. The highest BCUT2D eigenvalue weighted by Gasteiger charge is 2.98. The highest BCUT2D eigenvalue weighted by molar-refractivity contribution is 14.1. The van der Waals surface area contributed by atoms with Gasteiger partial charge in [0.25, 0.3) is 0 Å². The van der Waals surface area contributed by atoms with Gasteiger partial charge in [-0.3, -0.25) is 0 Å². The first-order valence-electron chi connectivity index (χ1n) is 10.5. The maximum Gasteiger partial charge on any atom is 0.460 e. The lowest BCUT2D eigenvalue weighted by atomic mass is 9.84. The predicted molar refractivity (Wildman–Crippen MR) is 106 cm³/mol. The SMILES string of the molecule is CCCCC/C=C(/I)C(C)C(F)(F)C(F)(F)C(F)(F)C(F)(F)C(F)(F)C(F)(F)C(F)(F)C(F)(F)C(F)(F)C(F)(F)F. The molecular formula is C19H16F21I. The summed E-state index contributed by atoms with van der Waals surface area (Å²) in [7, 11) is 0. The zero-order valence-corrected chi connectivity index (χ0v) is 22.0. The van der Waals surface area contributed by atoms with Gasteiger partial charge in [-0.2, -0.15) is 92.2 Å². The summed E-state index contributed by atoms with van der Waals surface area (Å²) in [6.45, 7) is 1.56. The molecule has 0 heterocycles. The van der Waals surface area contributed by atoms with E-state index in [9.17, 15) is 92.2 Å². The Balaban J connectivity index is 6.96. The lowest BCUT2D eigenvalue weighted by Gasteiger charge is -2.45. The Morgan fingerprint density at radius 3 is 1.10 bits per heavy atom. The molecule has 246 valence electrons. The first-order chi connectivity index (χ1) is 17.6. The molecule has 1 unspecified atom stereocenters. The summed E-state index contributed by atoms with van der Waals surface area (Å²) < 4.78 is 282. The molecule has 0 fully saturated rings. The first-order valence-corrected chi connectivity index (χ1v) is 11.5. The third-order valence-electron chi connectivity index (χ3n) is 5.64. The molecule has 0 rings (SSSR count). The number of halogens is 22. The van der Waals surface area contributed by atoms with E-state index in [-0.39, 0.29) is 19.8 Å². The van der Waals surface area contributed by atoms with Crippen molar-refractivity contribution in [3.05, 3.63) is 9.66 Å². The van der Waals surface area contributed by atoms with Crippen molar-refractivity contribution in [2.24, 2.45) is 5.92 Å². The van der Waals surface area contributed by atoms with Crippen LogP contribution < -0.4 is 0 Å². The van der Waals surface area contributed by atoms with Crippen LogP contribution in [0.2, 0.25) is 0 Å². The van der Waals surface area contributed by atoms with Gasteiger partial charge in [0.05, 0.1) is 5.92 Å². The Labute approximate surface area is 229 Å². The average molecular weight is 770 g/mol. The second kappa shape index (κ2) is 11.5. The second-order valence-electron chi connectivity index (χ2n) is 8.52. The van der Waals surface area contributed by atoms with E-state index in [4.69, 9.17) is 0 Å². The third-order valence-corrected chi connectivity index (χ3v) is 7.01. The number of allylic oxidation sites excluding steroid dienone is 2. The lowest BCUT2D eigenvalue weighted by Crippen LogP contribution is -2.77. The van der Waals surface area contributed by atoms with Crippen molar-refractivity contribution in [2.45, 2.75) is 99.0 Å². The molecule has 0 saturated carbocycles. The summed E-state index contributed by atoms with van der Waals surface area (Å²) >= 11 is 0.797. The van der Waals surface area contributed by atoms with Gasteiger partial charge in [-0.25, -0.2) is 0 Å². The highest BCUT2D eigenvalue weighted by Crippen LogP contribution is 2.66. The highest BCUT2D eigenvalue weighted by atomic mass is 127. The molecule has 0 aromatic heterocycles. The van der Waals surface area contributed by atoms with Gasteiger partial charge < -0.3 is 0 Å². The summed E-state index contributed by atoms with van der Waals surface area (Å²) in [5.41, 5.74) is 0. The molecule has 0 aliphatic carbocycles. The number of alkyl halides is 21. The van der Waals surface area contributed by atoms with Crippen LogP contribution in [0.25, 0.3) is 0 Å². The van der Waals surface area contributed by atoms with E-state index in [2.05, 4.69) is 0 Å². The van der Waals surface area contributed by atoms with Gasteiger partial charge >= 0.3 is 59.5 Å². The van der Waals surface area contributed by atoms with Crippen molar-refractivity contribution in [3.8, 4) is 0 Å². The Hall–Kier alpha value is -1.00. The molecule has 0 aromatic rings. The van der Waals surface area contributed by atoms with Crippen molar-refractivity contribution in [1.82, 2.24) is 0 Å². The molecule has 0 spiro atoms. The van der Waals surface area contributed by atoms with Crippen molar-refractivity contribution in [1.29, 1.82) is 0 Å². The van der Waals surface area contributed by atoms with Gasteiger partial charge in [-0.05, 0) is 39.0 Å². The van der Waals surface area contributed by atoms with Gasteiger partial charge in [0, 0.05) is 0 Å². The predicted octanol–water partition coefficient (Wildman–Crippen LogP) is 10.8. The van der Waals surface area contributed by atoms with Crippen LogP contribution in [-0.4, -0.2) is 59.5 Å². The van der Waals surface area contributed by atoms with E-state index >= 15 is 0 Å². The summed E-state index contributed by atoms with van der Waals surface area (Å²) in [5, 5.41) is 0. The van der Waals surface area contributed by atoms with Gasteiger partial charge in [0.15, 0.2) is 0 Å². The van der Waals surface area contributed by atoms with E-state index in [1.165, 1.54) is 0 Å². The second-order valence-corrected chi connectivity index (χ2v) is 9.77. The maximum absolute atomic E-state index is 14.3. The van der Waals surface area contributed by atoms with Crippen molar-refractivity contribution in [2.75, 3.05) is 0 Å². The van der Waals surface area contributed by atoms with Crippen LogP contribution in [0.5, 0.6) is 0 Å². The molecule has 0 saturated heterocycles. The molecule has 1 atom stereocenters. The molecule has 0 aliphatic heterocycles. The minimum absolute atomic E-state index is 0.0686. The summed E-state index contributed by atoms with van der Waals surface area (Å²) in [6, 6.07) is 0. The van der Waals surface area contributed by atoms with Gasteiger partial charge in [0.1, 0.15) is 0 Å². The summed E-state index contributed by atoms with van der Waals surface area (Å²) in [6.07, 6.45) is -6.47. The lowest BCUT2D eigenvalue weighted by molar-refractivity contribution is -0.474. The summed E-state index contributed by atoms with van der Waals surface area (Å²) in [4.78, 5) is 0. The Morgan fingerprint density at radius 2 is 0.805 bits per heavy atom. The van der Waals surface area contributed by atoms with Gasteiger partial charge in [0.2, 0.25) is 0 Å². The fraction of sp³-hybridized carbons (Fsp3) is 0.895. The zero-order valence-electron chi connectivity index (χ0n) is 19.8. The fourth-order valence-electron chi connectivity index (χ4n) is 2.83. The Bertz CT molecular complexity index is 930. The first kappa shape index (κ1) is 40.0. The van der Waals surface area contributed by atoms with Crippen molar-refractivity contribution >= 4 is 22.6 Å². The zero-order chi connectivity index (χ0) is 33.7. The monoisotopic (exact) mass is 770 g/mol. The minimum atomic E-state index is -9.16. The van der Waals surface area contributed by atoms with Crippen LogP contribution in [0.15, 0.2) is 9.66 Å². The van der Waals surface area contributed by atoms with E-state index in [0.29, 0.717) is 18.9 Å². The summed E-state index contributed by atoms with van der Waals surface area (Å²) in [5.74, 6) is -80.0. The average Bonchev–Trinajstić information content (AvgIpc) is 2.79. The van der Waals surface area contributed by atoms with Crippen LogP contribution in [0.1, 0.15) is 39.5 Å². The van der Waals surface area contributed by atoms with E-state index < -0.39 is 69.0 Å². The number of hydrogen-bond acceptors (Lipinski definition) is 0. The number of rotatable bonds is 14. The molecule has 0 aliphatic rings. The molecular weight excluding hydrogens is 754 g/mol. The van der Waals surface area contributed by atoms with Crippen molar-refractivity contribution < 1.29 is 92.2 Å². The third kappa shape index (κ3) is 5.79. The normalized spacial score (nSPS) is 17.2. The molecule has 0 N–H and O–H groups in total. The Kier molecular flexibility index (Phi) is 11.2. The minimum Gasteiger partial charge on any atom is -0.199 e. The molecule has 0 bridgehead atoms. The molecule has 22 heteroatoms.